The number of benzene rings is 2. The number of halogens is 2. The fourth-order valence-electron chi connectivity index (χ4n) is 11.6. The van der Waals surface area contributed by atoms with Crippen LogP contribution >= 0.6 is 0 Å². The van der Waals surface area contributed by atoms with E-state index in [-0.39, 0.29) is 52.6 Å². The molecule has 3 fully saturated rings. The Hall–Kier alpha value is -3.68. The van der Waals surface area contributed by atoms with Gasteiger partial charge in [-0.15, -0.1) is 5.54 Å². The number of fused-ring (bicyclic) bond motifs is 2. The van der Waals surface area contributed by atoms with Gasteiger partial charge in [-0.1, -0.05) is 95.1 Å². The number of hydrogen-bond donors (Lipinski definition) is 2. The Morgan fingerprint density at radius 2 is 1.52 bits per heavy atom. The van der Waals surface area contributed by atoms with Crippen LogP contribution in [0.15, 0.2) is 30.5 Å². The van der Waals surface area contributed by atoms with Gasteiger partial charge in [-0.05, 0) is 89.4 Å². The van der Waals surface area contributed by atoms with Gasteiger partial charge in [0.2, 0.25) is 0 Å². The van der Waals surface area contributed by atoms with E-state index in [1.54, 1.807) is 19.2 Å². The molecule has 1 saturated carbocycles. The van der Waals surface area contributed by atoms with E-state index in [0.717, 1.165) is 0 Å². The highest BCUT2D eigenvalue weighted by atomic mass is 28.4. The molecule has 2 aliphatic heterocycles. The number of anilines is 1. The molecule has 13 heteroatoms. The molecule has 1 atom stereocenters. The van der Waals surface area contributed by atoms with Crippen molar-refractivity contribution >= 4 is 43.9 Å². The van der Waals surface area contributed by atoms with Crippen LogP contribution in [-0.2, 0) is 0 Å². The van der Waals surface area contributed by atoms with Crippen molar-refractivity contribution in [3.63, 3.8) is 0 Å². The minimum Gasteiger partial charge on any atom is -0.543 e. The average molecular weight is 929 g/mol. The highest BCUT2D eigenvalue weighted by Gasteiger charge is 2.48. The first-order valence-electron chi connectivity index (χ1n) is 25.3. The van der Waals surface area contributed by atoms with E-state index in [0.29, 0.717) is 108 Å². The summed E-state index contributed by atoms with van der Waals surface area (Å²) < 4.78 is 67.0. The molecule has 4 heterocycles. The molecule has 4 aromatic rings. The van der Waals surface area contributed by atoms with E-state index < -0.39 is 45.5 Å². The lowest BCUT2D eigenvalue weighted by Gasteiger charge is -2.42. The molecule has 0 amide bonds. The third kappa shape index (κ3) is 9.72. The molecule has 2 aromatic heterocycles. The van der Waals surface area contributed by atoms with Crippen LogP contribution in [0, 0.1) is 28.5 Å². The van der Waals surface area contributed by atoms with Crippen LogP contribution in [0.2, 0.25) is 33.2 Å². The number of ether oxygens (including phenoxy) is 1. The quantitative estimate of drug-likeness (QED) is 0.0892. The molecule has 3 aliphatic rings. The number of piperazine rings is 1. The maximum Gasteiger partial charge on any atom is 0.319 e. The summed E-state index contributed by atoms with van der Waals surface area (Å²) >= 11 is 0. The Morgan fingerprint density at radius 3 is 2.11 bits per heavy atom. The van der Waals surface area contributed by atoms with Gasteiger partial charge in [0, 0.05) is 71.1 Å². The molecule has 0 bridgehead atoms. The minimum absolute atomic E-state index is 0.0125. The second-order valence-electron chi connectivity index (χ2n) is 21.5. The van der Waals surface area contributed by atoms with Crippen molar-refractivity contribution < 1.29 is 25.8 Å². The molecule has 0 spiro atoms. The number of aliphatic hydroxyl groups is 1. The van der Waals surface area contributed by atoms with Gasteiger partial charge < -0.3 is 29.4 Å². The SMILES string of the molecule is [2H]C([2H])(N1CCNCC1)C1(COc2nc(N3CCC[C@@](C)(O)C3)c3cnc(-c4cc(O[Si](C(C)C)(C(C)C)C(C)C)cc5ccc(F)c(C#C[Si](C(C)C)(C(C)C)C(C)C)c45)c(F)c3n2)CC1. The van der Waals surface area contributed by atoms with Crippen molar-refractivity contribution in [1.29, 1.82) is 0 Å². The second kappa shape index (κ2) is 19.1. The average Bonchev–Trinajstić information content (AvgIpc) is 4.06. The Kier molecular flexibility index (Phi) is 13.7. The summed E-state index contributed by atoms with van der Waals surface area (Å²) in [6.45, 7) is 30.3. The smallest absolute Gasteiger partial charge is 0.319 e. The molecule has 354 valence electrons. The van der Waals surface area contributed by atoms with Gasteiger partial charge in [-0.3, -0.25) is 4.98 Å². The van der Waals surface area contributed by atoms with Crippen LogP contribution in [-0.4, -0.2) is 99.3 Å². The van der Waals surface area contributed by atoms with E-state index in [2.05, 4.69) is 99.9 Å². The summed E-state index contributed by atoms with van der Waals surface area (Å²) in [7, 11) is -4.88. The Labute approximate surface area is 392 Å². The van der Waals surface area contributed by atoms with Gasteiger partial charge >= 0.3 is 6.01 Å². The topological polar surface area (TPSA) is 95.9 Å². The Morgan fingerprint density at radius 1 is 0.877 bits per heavy atom. The van der Waals surface area contributed by atoms with Crippen molar-refractivity contribution in [1.82, 2.24) is 25.2 Å². The fourth-order valence-corrected chi connectivity index (χ4v) is 22.1. The Bertz CT molecular complexity index is 2470. The molecule has 2 N–H and O–H groups in total. The van der Waals surface area contributed by atoms with Gasteiger partial charge in [0.1, 0.15) is 36.7 Å². The third-order valence-electron chi connectivity index (χ3n) is 15.0. The van der Waals surface area contributed by atoms with Crippen LogP contribution in [0.25, 0.3) is 32.9 Å². The predicted molar refractivity (Wildman–Crippen MR) is 268 cm³/mol. The number of β-amino-alcohol motifs (C(OH)–C–C–N with tert-alkyl or cyclic N) is 1. The van der Waals surface area contributed by atoms with E-state index in [4.69, 9.17) is 24.1 Å². The van der Waals surface area contributed by atoms with E-state index in [1.165, 1.54) is 6.07 Å². The molecule has 65 heavy (non-hydrogen) atoms. The number of rotatable bonds is 15. The molecule has 2 saturated heterocycles. The fraction of sp³-hybridized carbons (Fsp3) is 0.635. The molecule has 0 radical (unpaired) electrons. The van der Waals surface area contributed by atoms with Crippen LogP contribution in [0.1, 0.15) is 124 Å². The second-order valence-corrected chi connectivity index (χ2v) is 32.5. The number of aromatic nitrogens is 3. The molecule has 9 nitrogen and oxygen atoms in total. The summed E-state index contributed by atoms with van der Waals surface area (Å²) in [6, 6.07) is 6.89. The van der Waals surface area contributed by atoms with Gasteiger partial charge in [-0.2, -0.15) is 9.97 Å². The molecule has 1 aliphatic carbocycles. The minimum atomic E-state index is -2.54. The molecule has 2 aromatic carbocycles. The first-order chi connectivity index (χ1) is 31.4. The highest BCUT2D eigenvalue weighted by Crippen LogP contribution is 2.48. The van der Waals surface area contributed by atoms with Crippen LogP contribution in [0.5, 0.6) is 11.8 Å². The van der Waals surface area contributed by atoms with Crippen molar-refractivity contribution in [3.05, 3.63) is 47.7 Å². The largest absolute Gasteiger partial charge is 0.543 e. The zero-order valence-corrected chi connectivity index (χ0v) is 43.4. The highest BCUT2D eigenvalue weighted by molar-refractivity contribution is 6.90. The zero-order valence-electron chi connectivity index (χ0n) is 43.4. The monoisotopic (exact) mass is 929 g/mol. The molecular formula is C52H76F2N6O3Si2. The number of pyridine rings is 1. The molecule has 7 rings (SSSR count). The van der Waals surface area contributed by atoms with Gasteiger partial charge in [0.05, 0.1) is 23.2 Å². The van der Waals surface area contributed by atoms with Gasteiger partial charge in [0.25, 0.3) is 8.32 Å². The summed E-state index contributed by atoms with van der Waals surface area (Å²) in [6.07, 6.45) is 4.15. The van der Waals surface area contributed by atoms with Gasteiger partial charge in [-0.25, -0.2) is 8.78 Å². The first-order valence-corrected chi connectivity index (χ1v) is 28.7. The molecular weight excluding hydrogens is 851 g/mol. The lowest BCUT2D eigenvalue weighted by atomic mass is 9.94. The predicted octanol–water partition coefficient (Wildman–Crippen LogP) is 11.7. The maximum atomic E-state index is 18.2. The van der Waals surface area contributed by atoms with E-state index in [9.17, 15) is 7.85 Å². The zero-order chi connectivity index (χ0) is 49.0. The number of nitrogens with zero attached hydrogens (tertiary/aromatic N) is 5. The number of nitrogens with one attached hydrogen (secondary N) is 1. The molecule has 0 unspecified atom stereocenters. The lowest BCUT2D eigenvalue weighted by molar-refractivity contribution is 0.0447. The number of piperidine rings is 1. The van der Waals surface area contributed by atoms with Crippen molar-refractivity contribution in [2.24, 2.45) is 5.41 Å². The van der Waals surface area contributed by atoms with Crippen LogP contribution in [0.3, 0.4) is 0 Å². The van der Waals surface area contributed by atoms with Crippen molar-refractivity contribution in [3.8, 4) is 34.5 Å². The maximum absolute atomic E-state index is 18.2. The van der Waals surface area contributed by atoms with Crippen molar-refractivity contribution in [2.75, 3.05) is 57.3 Å². The normalized spacial score (nSPS) is 20.3. The summed E-state index contributed by atoms with van der Waals surface area (Å²) in [5.41, 5.74) is 4.13. The summed E-state index contributed by atoms with van der Waals surface area (Å²) in [5, 5.41) is 16.0. The first kappa shape index (κ1) is 46.4. The Balaban J connectivity index is 1.47. The van der Waals surface area contributed by atoms with Crippen LogP contribution in [0.4, 0.5) is 14.6 Å². The van der Waals surface area contributed by atoms with Gasteiger partial charge in [0.15, 0.2) is 5.82 Å². The summed E-state index contributed by atoms with van der Waals surface area (Å²) in [5.74, 6) is 3.15. The number of hydrogen-bond acceptors (Lipinski definition) is 9. The van der Waals surface area contributed by atoms with E-state index in [1.807, 2.05) is 21.9 Å². The lowest BCUT2D eigenvalue weighted by Crippen LogP contribution is -2.50. The van der Waals surface area contributed by atoms with Crippen LogP contribution < -0.4 is 19.4 Å². The van der Waals surface area contributed by atoms with Crippen molar-refractivity contribution in [2.45, 2.75) is 155 Å². The summed E-state index contributed by atoms with van der Waals surface area (Å²) in [4.78, 5) is 18.4. The standard InChI is InChI=1S/C52H76F2N6O3Si2/c1-33(2)64(34(3)4,35(5)6)26-17-41-44(53)16-15-39-27-40(63-65(36(7)8,37(9)10)38(11)12)28-42(45(39)41)47-46(54)48-43(29-56-47)49(60-23-14-18-51(13,61)30-60)58-50(57-48)62-32-52(19-20-52)31-59-24-21-55-22-25-59/h15-16,27-29,33-38,55,61H,14,18-25,30-32H2,1-13H3/t51-/m1/s1/i31D2. The third-order valence-corrected chi connectivity index (χ3v) is 27.3. The van der Waals surface area contributed by atoms with E-state index >= 15 is 8.78 Å².